The Hall–Kier alpha value is -3.30. The van der Waals surface area contributed by atoms with Gasteiger partial charge in [-0.25, -0.2) is 19.6 Å². The van der Waals surface area contributed by atoms with Gasteiger partial charge in [-0.05, 0) is 57.0 Å². The van der Waals surface area contributed by atoms with Crippen molar-refractivity contribution in [3.8, 4) is 11.1 Å². The van der Waals surface area contributed by atoms with Crippen molar-refractivity contribution in [2.24, 2.45) is 16.8 Å². The van der Waals surface area contributed by atoms with Crippen LogP contribution in [-0.2, 0) is 6.54 Å². The SMILES string of the molecule is C/C=C\C/C(F)=C(/F)C(C)N(N)/C(=N\N)c1cc(-c2ccc(CN3CCCCC3)cc2)cnc1N. The van der Waals surface area contributed by atoms with Crippen molar-refractivity contribution in [2.75, 3.05) is 18.8 Å². The molecular weight excluding hydrogens is 448 g/mol. The zero-order valence-electron chi connectivity index (χ0n) is 20.4. The second kappa shape index (κ2) is 12.4. The molecule has 1 unspecified atom stereocenters. The zero-order chi connectivity index (χ0) is 25.4. The number of nitrogens with two attached hydrogens (primary N) is 3. The van der Waals surface area contributed by atoms with Crippen molar-refractivity contribution in [1.29, 1.82) is 0 Å². The molecule has 1 aromatic heterocycles. The van der Waals surface area contributed by atoms with Crippen LogP contribution in [0.3, 0.4) is 0 Å². The Labute approximate surface area is 206 Å². The summed E-state index contributed by atoms with van der Waals surface area (Å²) in [7, 11) is 0. The summed E-state index contributed by atoms with van der Waals surface area (Å²) in [6.07, 6.45) is 8.45. The van der Waals surface area contributed by atoms with Gasteiger partial charge in [-0.15, -0.1) is 0 Å². The van der Waals surface area contributed by atoms with Crippen LogP contribution in [0, 0.1) is 0 Å². The maximum absolute atomic E-state index is 14.6. The summed E-state index contributed by atoms with van der Waals surface area (Å²) in [5.74, 6) is 9.93. The molecule has 0 radical (unpaired) electrons. The van der Waals surface area contributed by atoms with E-state index in [0.29, 0.717) is 5.56 Å². The Bertz CT molecular complexity index is 1070. The van der Waals surface area contributed by atoms with Crippen LogP contribution < -0.4 is 17.4 Å². The Kier molecular flexibility index (Phi) is 9.33. The fourth-order valence-corrected chi connectivity index (χ4v) is 4.12. The summed E-state index contributed by atoms with van der Waals surface area (Å²) >= 11 is 0. The van der Waals surface area contributed by atoms with Gasteiger partial charge in [0.15, 0.2) is 11.7 Å². The molecule has 6 N–H and O–H groups in total. The number of hydrogen-bond acceptors (Lipinski definition) is 6. The molecule has 0 amide bonds. The van der Waals surface area contributed by atoms with Gasteiger partial charge in [-0.2, -0.15) is 5.10 Å². The standard InChI is InChI=1S/C26H35F2N7/c1-3-4-8-23(27)24(28)18(2)35(31)26(33-30)22-15-21(16-32-25(22)29)20-11-9-19(10-12-20)17-34-13-6-5-7-14-34/h3-4,9-12,15-16,18H,5-8,13-14,17,30-31H2,1-2H3,(H2,29,32)/b4-3-,24-23-,33-26-. The first kappa shape index (κ1) is 26.3. The highest BCUT2D eigenvalue weighted by atomic mass is 19.2. The fourth-order valence-electron chi connectivity index (χ4n) is 4.12. The first-order valence-electron chi connectivity index (χ1n) is 11.9. The highest BCUT2D eigenvalue weighted by Crippen LogP contribution is 2.26. The lowest BCUT2D eigenvalue weighted by Crippen LogP contribution is -2.46. The molecule has 0 saturated carbocycles. The molecular formula is C26H35F2N7. The molecule has 2 heterocycles. The van der Waals surface area contributed by atoms with Crippen LogP contribution in [0.1, 0.15) is 50.7 Å². The number of hydrazine groups is 1. The highest BCUT2D eigenvalue weighted by molar-refractivity contribution is 6.03. The number of benzene rings is 1. The van der Waals surface area contributed by atoms with Crippen molar-refractivity contribution in [1.82, 2.24) is 14.9 Å². The van der Waals surface area contributed by atoms with Gasteiger partial charge in [0.2, 0.25) is 0 Å². The van der Waals surface area contributed by atoms with Crippen molar-refractivity contribution in [3.05, 3.63) is 71.5 Å². The Morgan fingerprint density at radius 1 is 1.17 bits per heavy atom. The van der Waals surface area contributed by atoms with Crippen molar-refractivity contribution in [2.45, 2.75) is 52.1 Å². The van der Waals surface area contributed by atoms with E-state index in [4.69, 9.17) is 17.4 Å². The van der Waals surface area contributed by atoms with Crippen LogP contribution in [0.5, 0.6) is 0 Å². The normalized spacial score (nSPS) is 16.9. The highest BCUT2D eigenvalue weighted by Gasteiger charge is 2.25. The molecule has 1 aromatic carbocycles. The van der Waals surface area contributed by atoms with E-state index in [9.17, 15) is 8.78 Å². The van der Waals surface area contributed by atoms with E-state index in [2.05, 4.69) is 27.1 Å². The Balaban J connectivity index is 1.82. The quantitative estimate of drug-likeness (QED) is 0.166. The topological polar surface area (TPSA) is 110 Å². The monoisotopic (exact) mass is 483 g/mol. The van der Waals surface area contributed by atoms with Crippen LogP contribution in [0.2, 0.25) is 0 Å². The van der Waals surface area contributed by atoms with E-state index < -0.39 is 17.7 Å². The Morgan fingerprint density at radius 2 is 1.86 bits per heavy atom. The van der Waals surface area contributed by atoms with Crippen LogP contribution in [0.25, 0.3) is 11.1 Å². The zero-order valence-corrected chi connectivity index (χ0v) is 20.4. The largest absolute Gasteiger partial charge is 0.383 e. The summed E-state index contributed by atoms with van der Waals surface area (Å²) in [6, 6.07) is 8.85. The molecule has 35 heavy (non-hydrogen) atoms. The summed E-state index contributed by atoms with van der Waals surface area (Å²) < 4.78 is 28.8. The third kappa shape index (κ3) is 6.64. The predicted octanol–water partition coefficient (Wildman–Crippen LogP) is 4.62. The van der Waals surface area contributed by atoms with Gasteiger partial charge in [0, 0.05) is 24.7 Å². The molecule has 1 fully saturated rings. The molecule has 1 atom stereocenters. The van der Waals surface area contributed by atoms with Crippen LogP contribution in [0.4, 0.5) is 14.6 Å². The molecule has 1 saturated heterocycles. The molecule has 188 valence electrons. The second-order valence-electron chi connectivity index (χ2n) is 8.75. The molecule has 1 aliphatic rings. The number of hydrogen-bond donors (Lipinski definition) is 3. The van der Waals surface area contributed by atoms with Crippen LogP contribution in [-0.4, -0.2) is 39.9 Å². The number of aromatic nitrogens is 1. The van der Waals surface area contributed by atoms with Gasteiger partial charge in [-0.3, -0.25) is 9.91 Å². The summed E-state index contributed by atoms with van der Waals surface area (Å²) in [5, 5.41) is 4.69. The third-order valence-corrected chi connectivity index (χ3v) is 6.24. The average Bonchev–Trinajstić information content (AvgIpc) is 2.88. The van der Waals surface area contributed by atoms with E-state index in [-0.39, 0.29) is 18.1 Å². The molecule has 0 bridgehead atoms. The van der Waals surface area contributed by atoms with Gasteiger partial charge in [0.1, 0.15) is 11.6 Å². The maximum atomic E-state index is 14.6. The molecule has 0 aliphatic carbocycles. The molecule has 2 aromatic rings. The summed E-state index contributed by atoms with van der Waals surface area (Å²) in [5.41, 5.74) is 9.37. The minimum Gasteiger partial charge on any atom is -0.383 e. The lowest BCUT2D eigenvalue weighted by atomic mass is 10.0. The first-order valence-corrected chi connectivity index (χ1v) is 11.9. The average molecular weight is 484 g/mol. The molecule has 1 aliphatic heterocycles. The van der Waals surface area contributed by atoms with Gasteiger partial charge in [0.25, 0.3) is 0 Å². The minimum atomic E-state index is -1.15. The Morgan fingerprint density at radius 3 is 2.49 bits per heavy atom. The summed E-state index contributed by atoms with van der Waals surface area (Å²) in [6.45, 7) is 6.35. The fraction of sp³-hybridized carbons (Fsp3) is 0.385. The number of rotatable bonds is 8. The van der Waals surface area contributed by atoms with Gasteiger partial charge < -0.3 is 11.6 Å². The summed E-state index contributed by atoms with van der Waals surface area (Å²) in [4.78, 5) is 6.73. The van der Waals surface area contributed by atoms with Crippen LogP contribution in [0.15, 0.2) is 65.4 Å². The van der Waals surface area contributed by atoms with E-state index in [1.165, 1.54) is 37.8 Å². The number of nitrogens with zero attached hydrogens (tertiary/aromatic N) is 4. The number of piperidine rings is 1. The molecule has 3 rings (SSSR count). The number of allylic oxidation sites excluding steroid dienone is 3. The van der Waals surface area contributed by atoms with E-state index >= 15 is 0 Å². The van der Waals surface area contributed by atoms with Gasteiger partial charge in [0.05, 0.1) is 11.6 Å². The van der Waals surface area contributed by atoms with E-state index in [1.54, 1.807) is 25.3 Å². The van der Waals surface area contributed by atoms with Gasteiger partial charge in [-0.1, -0.05) is 42.8 Å². The number of likely N-dealkylation sites (tertiary alicyclic amines) is 1. The molecule has 7 nitrogen and oxygen atoms in total. The number of pyridine rings is 1. The molecule has 0 spiro atoms. The van der Waals surface area contributed by atoms with Gasteiger partial charge >= 0.3 is 0 Å². The van der Waals surface area contributed by atoms with Crippen molar-refractivity contribution >= 4 is 11.7 Å². The maximum Gasteiger partial charge on any atom is 0.173 e. The van der Waals surface area contributed by atoms with Crippen molar-refractivity contribution < 1.29 is 8.78 Å². The minimum absolute atomic E-state index is 0.0000484. The smallest absolute Gasteiger partial charge is 0.173 e. The second-order valence-corrected chi connectivity index (χ2v) is 8.75. The third-order valence-electron chi connectivity index (χ3n) is 6.24. The van der Waals surface area contributed by atoms with Crippen molar-refractivity contribution in [3.63, 3.8) is 0 Å². The predicted molar refractivity (Wildman–Crippen MR) is 138 cm³/mol. The van der Waals surface area contributed by atoms with E-state index in [0.717, 1.165) is 35.8 Å². The number of anilines is 1. The van der Waals surface area contributed by atoms with Crippen LogP contribution >= 0.6 is 0 Å². The molecule has 9 heteroatoms. The number of halogens is 2. The number of hydrazone groups is 1. The first-order chi connectivity index (χ1) is 16.8. The number of amidine groups is 1. The number of nitrogen functional groups attached to an aromatic ring is 1. The lowest BCUT2D eigenvalue weighted by Gasteiger charge is -2.27. The van der Waals surface area contributed by atoms with E-state index in [1.807, 2.05) is 12.1 Å². The lowest BCUT2D eigenvalue weighted by molar-refractivity contribution is 0.221.